The summed E-state index contributed by atoms with van der Waals surface area (Å²) in [5.41, 5.74) is 1.40. The van der Waals surface area contributed by atoms with Crippen LogP contribution in [0.1, 0.15) is 70.6 Å². The third kappa shape index (κ3) is 5.87. The molecule has 0 spiro atoms. The molecule has 8 heteroatoms. The topological polar surface area (TPSA) is 75.0 Å². The zero-order valence-electron chi connectivity index (χ0n) is 22.0. The first kappa shape index (κ1) is 26.7. The molecule has 2 amide bonds. The van der Waals surface area contributed by atoms with Crippen LogP contribution in [0.3, 0.4) is 0 Å². The van der Waals surface area contributed by atoms with Gasteiger partial charge in [-0.05, 0) is 54.5 Å². The van der Waals surface area contributed by atoms with Gasteiger partial charge in [0.25, 0.3) is 5.91 Å². The minimum absolute atomic E-state index is 0.0378. The van der Waals surface area contributed by atoms with E-state index in [1.54, 1.807) is 24.7 Å². The molecule has 0 radical (unpaired) electrons. The molecule has 3 aromatic rings. The summed E-state index contributed by atoms with van der Waals surface area (Å²) in [7, 11) is 1.63. The lowest BCUT2D eigenvalue weighted by molar-refractivity contribution is -0.124. The highest BCUT2D eigenvalue weighted by atomic mass is 32.1. The van der Waals surface area contributed by atoms with E-state index >= 15 is 0 Å². The zero-order valence-corrected chi connectivity index (χ0v) is 22.8. The van der Waals surface area contributed by atoms with E-state index in [4.69, 9.17) is 9.15 Å². The van der Waals surface area contributed by atoms with Gasteiger partial charge >= 0.3 is 0 Å². The van der Waals surface area contributed by atoms with E-state index in [2.05, 4.69) is 10.2 Å². The molecule has 2 atom stereocenters. The van der Waals surface area contributed by atoms with Gasteiger partial charge in [-0.1, -0.05) is 37.1 Å². The van der Waals surface area contributed by atoms with Crippen LogP contribution in [-0.2, 0) is 16.1 Å². The van der Waals surface area contributed by atoms with Crippen molar-refractivity contribution in [3.05, 3.63) is 81.9 Å². The predicted molar refractivity (Wildman–Crippen MR) is 148 cm³/mol. The Morgan fingerprint density at radius 1 is 1.16 bits per heavy atom. The maximum atomic E-state index is 13.8. The van der Waals surface area contributed by atoms with Gasteiger partial charge < -0.3 is 19.4 Å². The van der Waals surface area contributed by atoms with Gasteiger partial charge in [-0.2, -0.15) is 0 Å². The van der Waals surface area contributed by atoms with Crippen molar-refractivity contribution >= 4 is 23.2 Å². The van der Waals surface area contributed by atoms with Gasteiger partial charge in [-0.25, -0.2) is 0 Å². The van der Waals surface area contributed by atoms with Gasteiger partial charge in [0, 0.05) is 43.2 Å². The fourth-order valence-corrected chi connectivity index (χ4v) is 6.83. The monoisotopic (exact) mass is 535 g/mol. The molecule has 1 fully saturated rings. The molecule has 3 heterocycles. The molecular formula is C30H37N3O4S. The van der Waals surface area contributed by atoms with E-state index in [-0.39, 0.29) is 17.9 Å². The molecule has 202 valence electrons. The Hall–Kier alpha value is -2.94. The van der Waals surface area contributed by atoms with Crippen molar-refractivity contribution in [2.75, 3.05) is 33.4 Å². The summed E-state index contributed by atoms with van der Waals surface area (Å²) in [6.45, 7) is 3.14. The summed E-state index contributed by atoms with van der Waals surface area (Å²) in [4.78, 5) is 32.7. The molecule has 1 aliphatic carbocycles. The van der Waals surface area contributed by atoms with Crippen LogP contribution in [0.15, 0.2) is 64.6 Å². The minimum Gasteiger partial charge on any atom is -0.468 e. The number of nitrogens with one attached hydrogen (secondary N) is 1. The molecular weight excluding hydrogens is 498 g/mol. The van der Waals surface area contributed by atoms with E-state index in [0.29, 0.717) is 31.3 Å². The van der Waals surface area contributed by atoms with Crippen molar-refractivity contribution < 1.29 is 18.7 Å². The highest BCUT2D eigenvalue weighted by Gasteiger charge is 2.44. The average Bonchev–Trinajstić information content (AvgIpc) is 3.74. The molecule has 1 aliphatic heterocycles. The maximum Gasteiger partial charge on any atom is 0.254 e. The summed E-state index contributed by atoms with van der Waals surface area (Å²) in [6, 6.07) is 15.7. The molecule has 38 heavy (non-hydrogen) atoms. The molecule has 7 nitrogen and oxygen atoms in total. The number of carbonyl (C=O) groups is 2. The van der Waals surface area contributed by atoms with E-state index in [0.717, 1.165) is 35.7 Å². The zero-order chi connectivity index (χ0) is 26.3. The minimum atomic E-state index is -0.478. The number of ether oxygens (including phenoxy) is 1. The quantitative estimate of drug-likeness (QED) is 0.322. The number of amides is 2. The second-order valence-corrected chi connectivity index (χ2v) is 11.1. The Bertz CT molecular complexity index is 1170. The van der Waals surface area contributed by atoms with Gasteiger partial charge in [0.2, 0.25) is 5.91 Å². The molecule has 2 aliphatic rings. The predicted octanol–water partition coefficient (Wildman–Crippen LogP) is 5.22. The highest BCUT2D eigenvalue weighted by molar-refractivity contribution is 7.10. The molecule has 0 unspecified atom stereocenters. The van der Waals surface area contributed by atoms with Crippen LogP contribution in [0.5, 0.6) is 0 Å². The van der Waals surface area contributed by atoms with Crippen LogP contribution in [-0.4, -0.2) is 61.0 Å². The van der Waals surface area contributed by atoms with E-state index in [1.807, 2.05) is 58.8 Å². The van der Waals surface area contributed by atoms with Crippen molar-refractivity contribution in [2.24, 2.45) is 0 Å². The van der Waals surface area contributed by atoms with Crippen LogP contribution >= 0.6 is 11.3 Å². The van der Waals surface area contributed by atoms with Crippen molar-refractivity contribution in [3.8, 4) is 0 Å². The van der Waals surface area contributed by atoms with Crippen molar-refractivity contribution in [1.29, 1.82) is 0 Å². The molecule has 2 aromatic heterocycles. The first-order valence-corrected chi connectivity index (χ1v) is 14.5. The number of carbonyl (C=O) groups excluding carboxylic acids is 2. The summed E-state index contributed by atoms with van der Waals surface area (Å²) >= 11 is 1.58. The Kier molecular flexibility index (Phi) is 8.94. The summed E-state index contributed by atoms with van der Waals surface area (Å²) in [5, 5.41) is 5.23. The highest BCUT2D eigenvalue weighted by Crippen LogP contribution is 2.44. The number of hydrogen-bond acceptors (Lipinski definition) is 6. The first-order valence-electron chi connectivity index (χ1n) is 13.6. The van der Waals surface area contributed by atoms with Crippen LogP contribution in [0, 0.1) is 0 Å². The standard InChI is InChI=1S/C30H37N3O4S/c1-36-19-17-33-28(26-14-7-20-38-26)27(24-12-4-5-13-25(24)30(33)35)29(34)31-15-8-16-32(22-9-2-3-10-22)21-23-11-6-18-37-23/h4-7,11-14,18,20,22,27-28H,2-3,8-10,15-17,19,21H2,1H3,(H,31,34)/t27-,28+/m0/s1. The number of rotatable bonds is 12. The van der Waals surface area contributed by atoms with Gasteiger partial charge in [-0.15, -0.1) is 11.3 Å². The number of thiophene rings is 1. The molecule has 1 aromatic carbocycles. The lowest BCUT2D eigenvalue weighted by Crippen LogP contribution is -2.48. The van der Waals surface area contributed by atoms with E-state index < -0.39 is 5.92 Å². The molecule has 1 saturated carbocycles. The third-order valence-electron chi connectivity index (χ3n) is 7.79. The smallest absolute Gasteiger partial charge is 0.254 e. The Morgan fingerprint density at radius 2 is 2.00 bits per heavy atom. The summed E-state index contributed by atoms with van der Waals surface area (Å²) in [6.07, 6.45) is 7.58. The van der Waals surface area contributed by atoms with Crippen LogP contribution < -0.4 is 5.32 Å². The first-order chi connectivity index (χ1) is 18.7. The lowest BCUT2D eigenvalue weighted by atomic mass is 9.81. The number of methoxy groups -OCH3 is 1. The second kappa shape index (κ2) is 12.7. The second-order valence-electron chi connectivity index (χ2n) is 10.1. The fraction of sp³-hybridized carbons (Fsp3) is 0.467. The fourth-order valence-electron chi connectivity index (χ4n) is 5.95. The molecule has 0 bridgehead atoms. The van der Waals surface area contributed by atoms with Gasteiger partial charge in [-0.3, -0.25) is 14.5 Å². The van der Waals surface area contributed by atoms with Crippen LogP contribution in [0.25, 0.3) is 0 Å². The molecule has 0 saturated heterocycles. The van der Waals surface area contributed by atoms with Crippen LogP contribution in [0.2, 0.25) is 0 Å². The number of benzene rings is 1. The average molecular weight is 536 g/mol. The van der Waals surface area contributed by atoms with Crippen LogP contribution in [0.4, 0.5) is 0 Å². The number of hydrogen-bond donors (Lipinski definition) is 1. The lowest BCUT2D eigenvalue weighted by Gasteiger charge is -2.41. The third-order valence-corrected chi connectivity index (χ3v) is 8.74. The Morgan fingerprint density at radius 3 is 2.74 bits per heavy atom. The molecule has 5 rings (SSSR count). The normalized spacial score (nSPS) is 19.7. The number of nitrogens with zero attached hydrogens (tertiary/aromatic N) is 2. The molecule has 1 N–H and O–H groups in total. The maximum absolute atomic E-state index is 13.8. The number of furan rings is 1. The number of fused-ring (bicyclic) bond motifs is 1. The van der Waals surface area contributed by atoms with Crippen molar-refractivity contribution in [2.45, 2.75) is 56.7 Å². The van der Waals surface area contributed by atoms with Gasteiger partial charge in [0.1, 0.15) is 5.76 Å². The van der Waals surface area contributed by atoms with E-state index in [1.165, 1.54) is 25.7 Å². The Balaban J connectivity index is 1.30. The van der Waals surface area contributed by atoms with Gasteiger partial charge in [0.15, 0.2) is 0 Å². The largest absolute Gasteiger partial charge is 0.468 e. The SMILES string of the molecule is COCCN1C(=O)c2ccccc2[C@H](C(=O)NCCCN(Cc2ccco2)C2CCCC2)[C@H]1c1cccs1. The Labute approximate surface area is 228 Å². The summed E-state index contributed by atoms with van der Waals surface area (Å²) < 4.78 is 10.9. The van der Waals surface area contributed by atoms with Crippen molar-refractivity contribution in [1.82, 2.24) is 15.1 Å². The van der Waals surface area contributed by atoms with Crippen molar-refractivity contribution in [3.63, 3.8) is 0 Å². The van der Waals surface area contributed by atoms with E-state index in [9.17, 15) is 9.59 Å². The van der Waals surface area contributed by atoms with Gasteiger partial charge in [0.05, 0.1) is 31.4 Å². The summed E-state index contributed by atoms with van der Waals surface area (Å²) in [5.74, 6) is 0.419.